The van der Waals surface area contributed by atoms with Crippen molar-refractivity contribution in [3.63, 3.8) is 0 Å². The minimum atomic E-state index is -1.40. The van der Waals surface area contributed by atoms with Crippen LogP contribution in [0.1, 0.15) is 136 Å². The molecule has 0 fully saturated rings. The number of hydrogen-bond acceptors (Lipinski definition) is 6. The number of carbonyl (C=O) groups is 4. The van der Waals surface area contributed by atoms with Gasteiger partial charge in [0.1, 0.15) is 12.1 Å². The molecule has 0 saturated heterocycles. The Bertz CT molecular complexity index is 1070. The van der Waals surface area contributed by atoms with E-state index in [-0.39, 0.29) is 30.9 Å². The van der Waals surface area contributed by atoms with E-state index in [1.165, 1.54) is 0 Å². The monoisotopic (exact) mass is 698 g/mol. The third-order valence-corrected chi connectivity index (χ3v) is 7.65. The number of aliphatic hydroxyl groups is 1. The largest absolute Gasteiger partial charge is 0.480 e. The summed E-state index contributed by atoms with van der Waals surface area (Å²) >= 11 is 0. The highest BCUT2D eigenvalue weighted by atomic mass is 16.5. The van der Waals surface area contributed by atoms with Crippen LogP contribution in [-0.2, 0) is 23.9 Å². The predicted octanol–water partition coefficient (Wildman–Crippen LogP) is 8.37. The fourth-order valence-electron chi connectivity index (χ4n) is 4.78. The van der Waals surface area contributed by atoms with Gasteiger partial charge in [0.05, 0.1) is 13.2 Å². The molecule has 0 rings (SSSR count). The van der Waals surface area contributed by atoms with Crippen molar-refractivity contribution in [2.75, 3.05) is 13.2 Å². The highest BCUT2D eigenvalue weighted by Crippen LogP contribution is 2.14. The molecule has 4 N–H and O–H groups in total. The molecule has 0 heterocycles. The average molecular weight is 699 g/mol. The number of carboxylic acid groups (broad SMARTS) is 1. The Morgan fingerprint density at radius 2 is 1.20 bits per heavy atom. The molecule has 0 bridgehead atoms. The molecule has 0 saturated carbocycles. The molecule has 0 aliphatic rings. The zero-order valence-corrected chi connectivity index (χ0v) is 30.9. The van der Waals surface area contributed by atoms with Crippen LogP contribution in [0.25, 0.3) is 0 Å². The number of aliphatic carboxylic acids is 1. The molecule has 0 aromatic heterocycles. The zero-order chi connectivity index (χ0) is 36.9. The molecule has 2 unspecified atom stereocenters. The van der Waals surface area contributed by atoms with E-state index in [9.17, 15) is 19.2 Å². The summed E-state index contributed by atoms with van der Waals surface area (Å²) in [6.07, 6.45) is 42.4. The maximum atomic E-state index is 12.6. The van der Waals surface area contributed by atoms with Gasteiger partial charge in [0.25, 0.3) is 0 Å². The van der Waals surface area contributed by atoms with Crippen LogP contribution in [0, 0.1) is 0 Å². The number of ether oxygens (including phenoxy) is 1. The average Bonchev–Trinajstić information content (AvgIpc) is 3.10. The first-order valence-corrected chi connectivity index (χ1v) is 18.8. The molecule has 0 aliphatic heterocycles. The van der Waals surface area contributed by atoms with Gasteiger partial charge in [-0.15, -0.1) is 0 Å². The van der Waals surface area contributed by atoms with Gasteiger partial charge in [-0.3, -0.25) is 14.4 Å². The summed E-state index contributed by atoms with van der Waals surface area (Å²) < 4.78 is 5.83. The summed E-state index contributed by atoms with van der Waals surface area (Å²) in [5.41, 5.74) is 0. The van der Waals surface area contributed by atoms with Crippen LogP contribution in [0.2, 0.25) is 0 Å². The van der Waals surface area contributed by atoms with Gasteiger partial charge in [0.15, 0.2) is 0 Å². The molecular formula is C41H66N2O7. The topological polar surface area (TPSA) is 142 Å². The van der Waals surface area contributed by atoms with Gasteiger partial charge in [0.2, 0.25) is 11.8 Å². The van der Waals surface area contributed by atoms with E-state index in [4.69, 9.17) is 14.9 Å². The van der Waals surface area contributed by atoms with Crippen molar-refractivity contribution in [3.8, 4) is 0 Å². The summed E-state index contributed by atoms with van der Waals surface area (Å²) in [6, 6.07) is -1.40. The lowest BCUT2D eigenvalue weighted by atomic mass is 10.1. The van der Waals surface area contributed by atoms with Crippen LogP contribution in [-0.4, -0.2) is 59.3 Å². The van der Waals surface area contributed by atoms with Crippen LogP contribution < -0.4 is 10.6 Å². The molecular weight excluding hydrogens is 632 g/mol. The Hall–Kier alpha value is -3.72. The summed E-state index contributed by atoms with van der Waals surface area (Å²) in [5.74, 6) is -2.47. The number of carbonyl (C=O) groups excluding carboxylic acids is 3. The third kappa shape index (κ3) is 31.5. The van der Waals surface area contributed by atoms with Gasteiger partial charge in [-0.1, -0.05) is 113 Å². The predicted molar refractivity (Wildman–Crippen MR) is 203 cm³/mol. The van der Waals surface area contributed by atoms with Gasteiger partial charge < -0.3 is 25.6 Å². The minimum absolute atomic E-state index is 0.158. The van der Waals surface area contributed by atoms with Crippen molar-refractivity contribution in [2.45, 2.75) is 148 Å². The number of carboxylic acids is 1. The van der Waals surface area contributed by atoms with Gasteiger partial charge in [-0.25, -0.2) is 4.79 Å². The number of aliphatic hydroxyl groups excluding tert-OH is 1. The number of hydrogen-bond donors (Lipinski definition) is 4. The number of rotatable bonds is 32. The van der Waals surface area contributed by atoms with Gasteiger partial charge in [-0.05, 0) is 83.1 Å². The highest BCUT2D eigenvalue weighted by molar-refractivity contribution is 5.87. The molecule has 282 valence electrons. The van der Waals surface area contributed by atoms with Crippen molar-refractivity contribution in [1.82, 2.24) is 10.6 Å². The van der Waals surface area contributed by atoms with Gasteiger partial charge >= 0.3 is 11.9 Å². The van der Waals surface area contributed by atoms with Crippen LogP contribution in [0.4, 0.5) is 0 Å². The quantitative estimate of drug-likeness (QED) is 0.0314. The zero-order valence-electron chi connectivity index (χ0n) is 30.9. The van der Waals surface area contributed by atoms with Crippen molar-refractivity contribution < 1.29 is 34.1 Å². The Morgan fingerprint density at radius 3 is 1.82 bits per heavy atom. The maximum absolute atomic E-state index is 12.6. The Labute approximate surface area is 302 Å². The standard InChI is InChI=1S/C41H66N2O7/c1-3-5-7-9-11-12-13-14-15-16-17-18-19-20-21-23-29-33-40(47)50-36(30-26-22-10-8-6-4-2)31-27-24-25-28-32-38(45)42-34-39(46)43-37(35-44)41(48)49/h5,7-8,10-12,14-15,17-18,26,30,36-37,44H,3-4,6,9,13,16,19-25,27-29,31-35H2,1-2H3,(H,42,45)(H,43,46)(H,48,49)/b7-5-,10-8-,12-11-,15-14-,18-17-,30-26-. The lowest BCUT2D eigenvalue weighted by molar-refractivity contribution is -0.147. The minimum Gasteiger partial charge on any atom is -0.480 e. The molecule has 50 heavy (non-hydrogen) atoms. The number of unbranched alkanes of at least 4 members (excludes halogenated alkanes) is 8. The normalized spacial score (nSPS) is 13.3. The van der Waals surface area contributed by atoms with E-state index in [1.807, 2.05) is 6.08 Å². The Balaban J connectivity index is 4.28. The first kappa shape index (κ1) is 46.3. The lowest BCUT2D eigenvalue weighted by Gasteiger charge is -2.15. The van der Waals surface area contributed by atoms with Crippen LogP contribution >= 0.6 is 0 Å². The van der Waals surface area contributed by atoms with Gasteiger partial charge in [0, 0.05) is 12.8 Å². The van der Waals surface area contributed by atoms with Crippen LogP contribution in [0.3, 0.4) is 0 Å². The van der Waals surface area contributed by atoms with E-state index in [1.54, 1.807) is 0 Å². The van der Waals surface area contributed by atoms with Crippen molar-refractivity contribution in [3.05, 3.63) is 72.9 Å². The first-order valence-electron chi connectivity index (χ1n) is 18.8. The summed E-state index contributed by atoms with van der Waals surface area (Å²) in [5, 5.41) is 22.4. The van der Waals surface area contributed by atoms with Gasteiger partial charge in [-0.2, -0.15) is 0 Å². The lowest BCUT2D eigenvalue weighted by Crippen LogP contribution is -2.47. The SMILES string of the molecule is CC/C=C\C/C=C\C/C=C\C/C=C\CCCCCCC(=O)OC(/C=C\C/C=C\CCC)CCCCCCC(=O)NCC(=O)NC(CO)C(=O)O. The van der Waals surface area contributed by atoms with Crippen molar-refractivity contribution in [2.24, 2.45) is 0 Å². The van der Waals surface area contributed by atoms with E-state index >= 15 is 0 Å². The molecule has 0 aliphatic carbocycles. The second-order valence-corrected chi connectivity index (χ2v) is 12.3. The fraction of sp³-hybridized carbons (Fsp3) is 0.610. The Morgan fingerprint density at radius 1 is 0.640 bits per heavy atom. The maximum Gasteiger partial charge on any atom is 0.328 e. The van der Waals surface area contributed by atoms with E-state index in [2.05, 4.69) is 91.3 Å². The van der Waals surface area contributed by atoms with Crippen molar-refractivity contribution >= 4 is 23.8 Å². The molecule has 2 atom stereocenters. The number of esters is 1. The van der Waals surface area contributed by atoms with Crippen molar-refractivity contribution in [1.29, 1.82) is 0 Å². The smallest absolute Gasteiger partial charge is 0.328 e. The molecule has 0 radical (unpaired) electrons. The molecule has 9 nitrogen and oxygen atoms in total. The molecule has 0 spiro atoms. The first-order chi connectivity index (χ1) is 24.3. The van der Waals surface area contributed by atoms with E-state index in [0.29, 0.717) is 12.8 Å². The molecule has 2 amide bonds. The summed E-state index contributed by atoms with van der Waals surface area (Å²) in [6.45, 7) is 3.22. The van der Waals surface area contributed by atoms with E-state index < -0.39 is 24.5 Å². The second kappa shape index (κ2) is 35.1. The fourth-order valence-corrected chi connectivity index (χ4v) is 4.78. The third-order valence-electron chi connectivity index (χ3n) is 7.65. The second-order valence-electron chi connectivity index (χ2n) is 12.3. The van der Waals surface area contributed by atoms with E-state index in [0.717, 1.165) is 103 Å². The summed E-state index contributed by atoms with van der Waals surface area (Å²) in [7, 11) is 0. The van der Waals surface area contributed by atoms with Crippen LogP contribution in [0.15, 0.2) is 72.9 Å². The number of nitrogens with one attached hydrogen (secondary N) is 2. The number of amides is 2. The summed E-state index contributed by atoms with van der Waals surface area (Å²) in [4.78, 5) is 47.3. The Kier molecular flexibility index (Phi) is 32.5. The molecule has 9 heteroatoms. The highest BCUT2D eigenvalue weighted by Gasteiger charge is 2.18. The molecule has 0 aromatic carbocycles. The number of allylic oxidation sites excluding steroid dienone is 11. The van der Waals surface area contributed by atoms with Crippen LogP contribution in [0.5, 0.6) is 0 Å². The molecule has 0 aromatic rings.